The maximum absolute atomic E-state index is 5.82. The molecular weight excluding hydrogens is 248 g/mol. The van der Waals surface area contributed by atoms with Crippen LogP contribution >= 0.6 is 0 Å². The Kier molecular flexibility index (Phi) is 2.86. The second kappa shape index (κ2) is 4.61. The predicted octanol–water partition coefficient (Wildman–Crippen LogP) is 3.50. The molecule has 0 unspecified atom stereocenters. The quantitative estimate of drug-likeness (QED) is 0.789. The summed E-state index contributed by atoms with van der Waals surface area (Å²) in [6.45, 7) is 1.17. The highest BCUT2D eigenvalue weighted by atomic mass is 16.5. The molecule has 1 aromatic heterocycles. The molecule has 2 aliphatic rings. The van der Waals surface area contributed by atoms with E-state index < -0.39 is 0 Å². The number of hydrogen-bond donors (Lipinski definition) is 0. The Morgan fingerprint density at radius 2 is 2.05 bits per heavy atom. The first-order valence-electron chi connectivity index (χ1n) is 7.66. The van der Waals surface area contributed by atoms with Gasteiger partial charge in [0.05, 0.1) is 11.6 Å². The zero-order valence-electron chi connectivity index (χ0n) is 12.3. The van der Waals surface area contributed by atoms with Crippen molar-refractivity contribution >= 4 is 10.9 Å². The first-order chi connectivity index (χ1) is 9.81. The van der Waals surface area contributed by atoms with Gasteiger partial charge >= 0.3 is 0 Å². The molecule has 2 aromatic rings. The van der Waals surface area contributed by atoms with Crippen LogP contribution < -0.4 is 0 Å². The van der Waals surface area contributed by atoms with E-state index >= 15 is 0 Å². The van der Waals surface area contributed by atoms with E-state index in [4.69, 9.17) is 4.74 Å². The number of benzene rings is 1. The van der Waals surface area contributed by atoms with Crippen LogP contribution in [0.15, 0.2) is 24.3 Å². The van der Waals surface area contributed by atoms with Gasteiger partial charge in [-0.15, -0.1) is 0 Å². The molecule has 1 aromatic carbocycles. The van der Waals surface area contributed by atoms with Gasteiger partial charge in [-0.25, -0.2) is 0 Å². The van der Waals surface area contributed by atoms with Crippen molar-refractivity contribution in [3.05, 3.63) is 35.5 Å². The van der Waals surface area contributed by atoms with Crippen molar-refractivity contribution in [1.29, 1.82) is 0 Å². The largest absolute Gasteiger partial charge is 0.361 e. The van der Waals surface area contributed by atoms with Gasteiger partial charge < -0.3 is 9.30 Å². The van der Waals surface area contributed by atoms with Crippen LogP contribution in [0.25, 0.3) is 10.9 Å². The van der Waals surface area contributed by atoms with E-state index in [9.17, 15) is 0 Å². The van der Waals surface area contributed by atoms with Crippen LogP contribution in [0.3, 0.4) is 0 Å². The van der Waals surface area contributed by atoms with Crippen LogP contribution in [-0.4, -0.2) is 30.2 Å². The first-order valence-corrected chi connectivity index (χ1v) is 7.66. The van der Waals surface area contributed by atoms with Crippen molar-refractivity contribution in [2.75, 3.05) is 20.7 Å². The molecule has 106 valence electrons. The molecule has 0 spiro atoms. The van der Waals surface area contributed by atoms with E-state index in [0.29, 0.717) is 6.04 Å². The SMILES string of the molecule is CO[C@H]1CCC[C@H]2c3c(c4ccccc4n31)CCN2C. The summed E-state index contributed by atoms with van der Waals surface area (Å²) in [6.07, 6.45) is 4.96. The van der Waals surface area contributed by atoms with Crippen LogP contribution in [0, 0.1) is 0 Å². The smallest absolute Gasteiger partial charge is 0.133 e. The van der Waals surface area contributed by atoms with E-state index in [1.165, 1.54) is 36.0 Å². The van der Waals surface area contributed by atoms with Crippen LogP contribution in [0.5, 0.6) is 0 Å². The summed E-state index contributed by atoms with van der Waals surface area (Å²) in [4.78, 5) is 2.52. The van der Waals surface area contributed by atoms with Crippen LogP contribution in [0.4, 0.5) is 0 Å². The highest BCUT2D eigenvalue weighted by Crippen LogP contribution is 2.43. The van der Waals surface area contributed by atoms with E-state index in [0.717, 1.165) is 12.8 Å². The van der Waals surface area contributed by atoms with Gasteiger partial charge in [-0.2, -0.15) is 0 Å². The molecule has 0 bridgehead atoms. The summed E-state index contributed by atoms with van der Waals surface area (Å²) >= 11 is 0. The summed E-state index contributed by atoms with van der Waals surface area (Å²) in [7, 11) is 4.11. The van der Waals surface area contributed by atoms with Crippen molar-refractivity contribution in [1.82, 2.24) is 9.47 Å². The van der Waals surface area contributed by atoms with Crippen LogP contribution in [0.1, 0.15) is 42.8 Å². The molecule has 4 rings (SSSR count). The minimum absolute atomic E-state index is 0.195. The van der Waals surface area contributed by atoms with Crippen molar-refractivity contribution in [2.45, 2.75) is 38.0 Å². The number of fused-ring (bicyclic) bond motifs is 3. The first kappa shape index (κ1) is 12.4. The Hall–Kier alpha value is -1.32. The predicted molar refractivity (Wildman–Crippen MR) is 80.9 cm³/mol. The Morgan fingerprint density at radius 3 is 2.90 bits per heavy atom. The van der Waals surface area contributed by atoms with E-state index in [1.54, 1.807) is 5.56 Å². The molecule has 3 heterocycles. The van der Waals surface area contributed by atoms with Crippen LogP contribution in [-0.2, 0) is 11.2 Å². The molecule has 0 saturated heterocycles. The van der Waals surface area contributed by atoms with Gasteiger partial charge in [0.15, 0.2) is 0 Å². The molecular formula is C17H22N2O. The highest BCUT2D eigenvalue weighted by molar-refractivity contribution is 5.86. The maximum atomic E-state index is 5.82. The number of likely N-dealkylation sites (N-methyl/N-ethyl adjacent to an activating group) is 1. The standard InChI is InChI=1S/C17H22N2O/c1-18-11-10-13-12-6-3-4-7-14(12)19-16(20-2)9-5-8-15(18)17(13)19/h3-4,6-7,15-16H,5,8-11H2,1-2H3/t15-,16-/m0/s1. The fourth-order valence-corrected chi connectivity index (χ4v) is 4.13. The van der Waals surface area contributed by atoms with Crippen molar-refractivity contribution in [3.8, 4) is 0 Å². The molecule has 3 nitrogen and oxygen atoms in total. The van der Waals surface area contributed by atoms with Crippen molar-refractivity contribution in [3.63, 3.8) is 0 Å². The molecule has 0 fully saturated rings. The normalized spacial score (nSPS) is 26.5. The van der Waals surface area contributed by atoms with Crippen molar-refractivity contribution in [2.24, 2.45) is 0 Å². The van der Waals surface area contributed by atoms with E-state index in [1.807, 2.05) is 7.11 Å². The maximum Gasteiger partial charge on any atom is 0.133 e. The highest BCUT2D eigenvalue weighted by Gasteiger charge is 2.34. The van der Waals surface area contributed by atoms with E-state index in [2.05, 4.69) is 40.8 Å². The van der Waals surface area contributed by atoms with Gasteiger partial charge in [0.1, 0.15) is 6.23 Å². The molecule has 3 heteroatoms. The minimum atomic E-state index is 0.195. The molecule has 2 aliphatic heterocycles. The summed E-state index contributed by atoms with van der Waals surface area (Å²) < 4.78 is 8.30. The number of methoxy groups -OCH3 is 1. The molecule has 0 amide bonds. The zero-order valence-corrected chi connectivity index (χ0v) is 12.3. The number of aromatic nitrogens is 1. The Bertz CT molecular complexity index is 646. The summed E-state index contributed by atoms with van der Waals surface area (Å²) in [5.74, 6) is 0. The average molecular weight is 270 g/mol. The topological polar surface area (TPSA) is 17.4 Å². The lowest BCUT2D eigenvalue weighted by Crippen LogP contribution is -2.33. The lowest BCUT2D eigenvalue weighted by molar-refractivity contribution is 0.0399. The fraction of sp³-hybridized carbons (Fsp3) is 0.529. The second-order valence-corrected chi connectivity index (χ2v) is 6.12. The Morgan fingerprint density at radius 1 is 1.20 bits per heavy atom. The Labute approximate surface area is 120 Å². The second-order valence-electron chi connectivity index (χ2n) is 6.12. The average Bonchev–Trinajstić information content (AvgIpc) is 2.67. The third-order valence-electron chi connectivity index (χ3n) is 5.11. The summed E-state index contributed by atoms with van der Waals surface area (Å²) in [5.41, 5.74) is 4.43. The summed E-state index contributed by atoms with van der Waals surface area (Å²) in [6, 6.07) is 9.40. The number of para-hydroxylation sites is 1. The third kappa shape index (κ3) is 1.60. The van der Waals surface area contributed by atoms with Crippen molar-refractivity contribution < 1.29 is 4.74 Å². The minimum Gasteiger partial charge on any atom is -0.361 e. The number of ether oxygens (including phenoxy) is 1. The van der Waals surface area contributed by atoms with Gasteiger partial charge in [0, 0.05) is 24.7 Å². The van der Waals surface area contributed by atoms with E-state index in [-0.39, 0.29) is 6.23 Å². The molecule has 0 aliphatic carbocycles. The number of rotatable bonds is 1. The van der Waals surface area contributed by atoms with Gasteiger partial charge in [-0.3, -0.25) is 4.90 Å². The zero-order chi connectivity index (χ0) is 13.7. The lowest BCUT2D eigenvalue weighted by atomic mass is 9.95. The van der Waals surface area contributed by atoms with Gasteiger partial charge in [-0.1, -0.05) is 18.2 Å². The molecule has 0 saturated carbocycles. The monoisotopic (exact) mass is 270 g/mol. The van der Waals surface area contributed by atoms with Gasteiger partial charge in [0.25, 0.3) is 0 Å². The molecule has 0 radical (unpaired) electrons. The third-order valence-corrected chi connectivity index (χ3v) is 5.11. The number of hydrogen-bond acceptors (Lipinski definition) is 2. The lowest BCUT2D eigenvalue weighted by Gasteiger charge is -2.33. The van der Waals surface area contributed by atoms with Gasteiger partial charge in [-0.05, 0) is 44.4 Å². The molecule has 20 heavy (non-hydrogen) atoms. The molecule has 0 N–H and O–H groups in total. The number of nitrogens with zero attached hydrogens (tertiary/aromatic N) is 2. The fourth-order valence-electron chi connectivity index (χ4n) is 4.13. The summed E-state index contributed by atoms with van der Waals surface area (Å²) in [5, 5.41) is 1.43. The van der Waals surface area contributed by atoms with Gasteiger partial charge in [0.2, 0.25) is 0 Å². The van der Waals surface area contributed by atoms with Crippen LogP contribution in [0.2, 0.25) is 0 Å². The molecule has 2 atom stereocenters. The Balaban J connectivity index is 2.05.